The first-order chi connectivity index (χ1) is 15.0. The van der Waals surface area contributed by atoms with Gasteiger partial charge in [-0.2, -0.15) is 0 Å². The number of hydrogen-bond acceptors (Lipinski definition) is 6. The topological polar surface area (TPSA) is 78.0 Å². The largest absolute Gasteiger partial charge is 0.453 e. The van der Waals surface area contributed by atoms with Crippen molar-refractivity contribution in [1.29, 1.82) is 0 Å². The number of carbonyl (C=O) groups is 2. The van der Waals surface area contributed by atoms with Gasteiger partial charge < -0.3 is 19.9 Å². The maximum Gasteiger partial charge on any atom is 0.407 e. The van der Waals surface area contributed by atoms with Crippen LogP contribution in [0.1, 0.15) is 33.1 Å². The van der Waals surface area contributed by atoms with E-state index in [0.29, 0.717) is 18.3 Å². The molecular weight excluding hydrogens is 394 g/mol. The van der Waals surface area contributed by atoms with E-state index in [4.69, 9.17) is 4.74 Å². The molecule has 1 aromatic rings. The Morgan fingerprint density at radius 3 is 2.61 bits per heavy atom. The van der Waals surface area contributed by atoms with Gasteiger partial charge in [-0.05, 0) is 43.2 Å². The molecule has 0 aliphatic carbocycles. The number of amides is 2. The number of anilines is 1. The minimum atomic E-state index is -0.543. The zero-order chi connectivity index (χ0) is 22.2. The number of piperazine rings is 1. The molecule has 0 aromatic carbocycles. The van der Waals surface area contributed by atoms with Crippen molar-refractivity contribution in [2.75, 3.05) is 57.8 Å². The summed E-state index contributed by atoms with van der Waals surface area (Å²) in [5.74, 6) is 1.84. The van der Waals surface area contributed by atoms with Gasteiger partial charge in [0, 0.05) is 52.0 Å². The third-order valence-corrected chi connectivity index (χ3v) is 6.18. The Balaban J connectivity index is 1.50. The van der Waals surface area contributed by atoms with Gasteiger partial charge >= 0.3 is 6.09 Å². The lowest BCUT2D eigenvalue weighted by molar-refractivity contribution is -0.135. The van der Waals surface area contributed by atoms with Crippen molar-refractivity contribution in [2.24, 2.45) is 11.8 Å². The Morgan fingerprint density at radius 2 is 1.97 bits per heavy atom. The molecule has 0 saturated carbocycles. The lowest BCUT2D eigenvalue weighted by atomic mass is 9.95. The zero-order valence-corrected chi connectivity index (χ0v) is 19.1. The highest BCUT2D eigenvalue weighted by Gasteiger charge is 2.31. The SMILES string of the molecule is COC(=O)NC(CC(C)C)C(=O)N1CCCC(CN2CCN(c3ccccn3)CC2)C1. The molecule has 8 heteroatoms. The van der Waals surface area contributed by atoms with Gasteiger partial charge in [-0.25, -0.2) is 9.78 Å². The van der Waals surface area contributed by atoms with Crippen LogP contribution in [-0.4, -0.2) is 85.7 Å². The van der Waals surface area contributed by atoms with Crippen LogP contribution in [0, 0.1) is 11.8 Å². The van der Waals surface area contributed by atoms with Crippen molar-refractivity contribution in [3.8, 4) is 0 Å². The second kappa shape index (κ2) is 11.3. The molecular formula is C23H37N5O3. The van der Waals surface area contributed by atoms with Gasteiger partial charge in [0.25, 0.3) is 0 Å². The molecule has 31 heavy (non-hydrogen) atoms. The lowest BCUT2D eigenvalue weighted by Gasteiger charge is -2.40. The average molecular weight is 432 g/mol. The Hall–Kier alpha value is -2.35. The maximum absolute atomic E-state index is 13.2. The smallest absolute Gasteiger partial charge is 0.407 e. The van der Waals surface area contributed by atoms with Gasteiger partial charge in [0.05, 0.1) is 7.11 Å². The Labute approximate surface area is 185 Å². The first-order valence-electron chi connectivity index (χ1n) is 11.5. The molecule has 8 nitrogen and oxygen atoms in total. The number of hydrogen-bond donors (Lipinski definition) is 1. The molecule has 2 saturated heterocycles. The van der Waals surface area contributed by atoms with Crippen LogP contribution < -0.4 is 10.2 Å². The molecule has 3 heterocycles. The van der Waals surface area contributed by atoms with Crippen LogP contribution in [0.15, 0.2) is 24.4 Å². The fourth-order valence-electron chi connectivity index (χ4n) is 4.59. The van der Waals surface area contributed by atoms with Crippen LogP contribution >= 0.6 is 0 Å². The molecule has 2 aliphatic rings. The van der Waals surface area contributed by atoms with Crippen LogP contribution in [0.2, 0.25) is 0 Å². The first kappa shape index (κ1) is 23.3. The van der Waals surface area contributed by atoms with Gasteiger partial charge in [0.2, 0.25) is 5.91 Å². The van der Waals surface area contributed by atoms with Crippen LogP contribution in [0.25, 0.3) is 0 Å². The number of piperidine rings is 1. The second-order valence-electron chi connectivity index (χ2n) is 9.09. The predicted octanol–water partition coefficient (Wildman–Crippen LogP) is 2.21. The van der Waals surface area contributed by atoms with E-state index >= 15 is 0 Å². The number of likely N-dealkylation sites (tertiary alicyclic amines) is 1. The highest BCUT2D eigenvalue weighted by Crippen LogP contribution is 2.21. The number of nitrogens with zero attached hydrogens (tertiary/aromatic N) is 4. The van der Waals surface area contributed by atoms with E-state index in [-0.39, 0.29) is 5.91 Å². The van der Waals surface area contributed by atoms with Gasteiger partial charge in [-0.15, -0.1) is 0 Å². The van der Waals surface area contributed by atoms with Crippen LogP contribution in [-0.2, 0) is 9.53 Å². The molecule has 0 bridgehead atoms. The van der Waals surface area contributed by atoms with E-state index < -0.39 is 12.1 Å². The van der Waals surface area contributed by atoms with E-state index in [0.717, 1.165) is 64.5 Å². The molecule has 2 fully saturated rings. The molecule has 172 valence electrons. The normalized spacial score (nSPS) is 21.1. The molecule has 0 radical (unpaired) electrons. The molecule has 2 aliphatic heterocycles. The maximum atomic E-state index is 13.2. The minimum Gasteiger partial charge on any atom is -0.453 e. The van der Waals surface area contributed by atoms with Crippen LogP contribution in [0.3, 0.4) is 0 Å². The van der Waals surface area contributed by atoms with Crippen LogP contribution in [0.5, 0.6) is 0 Å². The molecule has 1 N–H and O–H groups in total. The Bertz CT molecular complexity index is 706. The number of nitrogens with one attached hydrogen (secondary N) is 1. The molecule has 2 unspecified atom stereocenters. The van der Waals surface area contributed by atoms with Crippen LogP contribution in [0.4, 0.5) is 10.6 Å². The molecule has 1 aromatic heterocycles. The van der Waals surface area contributed by atoms with Gasteiger partial charge in [0.1, 0.15) is 11.9 Å². The van der Waals surface area contributed by atoms with Gasteiger partial charge in [0.15, 0.2) is 0 Å². The summed E-state index contributed by atoms with van der Waals surface area (Å²) in [5.41, 5.74) is 0. The molecule has 0 spiro atoms. The highest BCUT2D eigenvalue weighted by atomic mass is 16.5. The second-order valence-corrected chi connectivity index (χ2v) is 9.09. The lowest BCUT2D eigenvalue weighted by Crippen LogP contribution is -2.54. The fourth-order valence-corrected chi connectivity index (χ4v) is 4.59. The Morgan fingerprint density at radius 1 is 1.19 bits per heavy atom. The summed E-state index contributed by atoms with van der Waals surface area (Å²) < 4.78 is 4.73. The van der Waals surface area contributed by atoms with Crippen molar-refractivity contribution in [1.82, 2.24) is 20.1 Å². The molecule has 2 atom stereocenters. The number of ether oxygens (including phenoxy) is 1. The number of aromatic nitrogens is 1. The molecule has 2 amide bonds. The van der Waals surface area contributed by atoms with Crippen molar-refractivity contribution >= 4 is 17.8 Å². The third kappa shape index (κ3) is 6.82. The van der Waals surface area contributed by atoms with E-state index in [2.05, 4.69) is 40.0 Å². The summed E-state index contributed by atoms with van der Waals surface area (Å²) in [6, 6.07) is 5.52. The van der Waals surface area contributed by atoms with Gasteiger partial charge in [-0.1, -0.05) is 19.9 Å². The summed E-state index contributed by atoms with van der Waals surface area (Å²) in [4.78, 5) is 36.1. The number of pyridine rings is 1. The summed E-state index contributed by atoms with van der Waals surface area (Å²) in [7, 11) is 1.33. The average Bonchev–Trinajstić information content (AvgIpc) is 2.79. The number of methoxy groups -OCH3 is 1. The standard InChI is InChI=1S/C23H37N5O3/c1-18(2)15-20(25-23(30)31-3)22(29)28-10-6-7-19(17-28)16-26-11-13-27(14-12-26)21-8-4-5-9-24-21/h4-5,8-9,18-20H,6-7,10-17H2,1-3H3,(H,25,30). The number of carbonyl (C=O) groups excluding carboxylic acids is 2. The summed E-state index contributed by atoms with van der Waals surface area (Å²) in [5, 5.41) is 2.74. The van der Waals surface area contributed by atoms with E-state index in [1.807, 2.05) is 23.2 Å². The predicted molar refractivity (Wildman–Crippen MR) is 121 cm³/mol. The summed E-state index contributed by atoms with van der Waals surface area (Å²) in [6.07, 6.45) is 4.07. The fraction of sp³-hybridized carbons (Fsp3) is 0.696. The van der Waals surface area contributed by atoms with E-state index in [1.165, 1.54) is 7.11 Å². The van der Waals surface area contributed by atoms with E-state index in [1.54, 1.807) is 0 Å². The summed E-state index contributed by atoms with van der Waals surface area (Å²) in [6.45, 7) is 10.6. The number of rotatable bonds is 7. The molecule has 3 rings (SSSR count). The first-order valence-corrected chi connectivity index (χ1v) is 11.5. The number of alkyl carbamates (subject to hydrolysis) is 1. The quantitative estimate of drug-likeness (QED) is 0.713. The van der Waals surface area contributed by atoms with E-state index in [9.17, 15) is 9.59 Å². The highest BCUT2D eigenvalue weighted by molar-refractivity contribution is 5.85. The minimum absolute atomic E-state index is 0.0174. The van der Waals surface area contributed by atoms with Gasteiger partial charge in [-0.3, -0.25) is 9.69 Å². The van der Waals surface area contributed by atoms with Crippen molar-refractivity contribution in [2.45, 2.75) is 39.2 Å². The van der Waals surface area contributed by atoms with Crippen molar-refractivity contribution in [3.63, 3.8) is 0 Å². The third-order valence-electron chi connectivity index (χ3n) is 6.18. The summed E-state index contributed by atoms with van der Waals surface area (Å²) >= 11 is 0. The zero-order valence-electron chi connectivity index (χ0n) is 19.1. The van der Waals surface area contributed by atoms with Crippen molar-refractivity contribution in [3.05, 3.63) is 24.4 Å². The monoisotopic (exact) mass is 431 g/mol. The Kier molecular flexibility index (Phi) is 8.51. The van der Waals surface area contributed by atoms with Crippen molar-refractivity contribution < 1.29 is 14.3 Å².